The molecule has 27 heavy (non-hydrogen) atoms. The number of benzene rings is 2. The second-order valence-electron chi connectivity index (χ2n) is 6.10. The minimum Gasteiger partial charge on any atom is -0.497 e. The molecule has 2 rings (SSSR count). The second kappa shape index (κ2) is 9.00. The Morgan fingerprint density at radius 3 is 2.22 bits per heavy atom. The summed E-state index contributed by atoms with van der Waals surface area (Å²) >= 11 is 0. The van der Waals surface area contributed by atoms with Crippen molar-refractivity contribution in [3.05, 3.63) is 63.7 Å². The lowest BCUT2D eigenvalue weighted by Crippen LogP contribution is -2.34. The molecule has 2 aromatic carbocycles. The van der Waals surface area contributed by atoms with Crippen LogP contribution < -0.4 is 14.8 Å². The highest BCUT2D eigenvalue weighted by Crippen LogP contribution is 2.25. The first kappa shape index (κ1) is 20.2. The van der Waals surface area contributed by atoms with Gasteiger partial charge in [0.2, 0.25) is 0 Å². The Bertz CT molecular complexity index is 805. The standard InChI is InChI=1S/C19H23N3O5/c1-21(2)18(13-5-7-14(26-3)8-6-13)12-20-19(23)16-11-15(27-4)9-10-17(16)22(24)25/h5-11,18H,12H2,1-4H3,(H,20,23). The molecule has 8 heteroatoms. The van der Waals surface area contributed by atoms with Crippen LogP contribution in [-0.4, -0.2) is 50.6 Å². The largest absolute Gasteiger partial charge is 0.497 e. The van der Waals surface area contributed by atoms with Gasteiger partial charge in [0, 0.05) is 12.6 Å². The fourth-order valence-corrected chi connectivity index (χ4v) is 2.69. The van der Waals surface area contributed by atoms with Crippen LogP contribution in [0.4, 0.5) is 5.69 Å². The Morgan fingerprint density at radius 1 is 1.11 bits per heavy atom. The topological polar surface area (TPSA) is 93.9 Å². The minimum absolute atomic E-state index is 0.0356. The predicted molar refractivity (Wildman–Crippen MR) is 101 cm³/mol. The highest BCUT2D eigenvalue weighted by molar-refractivity contribution is 5.98. The average Bonchev–Trinajstić information content (AvgIpc) is 2.67. The maximum Gasteiger partial charge on any atom is 0.282 e. The maximum absolute atomic E-state index is 12.6. The van der Waals surface area contributed by atoms with E-state index in [1.165, 1.54) is 25.3 Å². The van der Waals surface area contributed by atoms with Crippen molar-refractivity contribution in [3.63, 3.8) is 0 Å². The van der Waals surface area contributed by atoms with Gasteiger partial charge in [0.15, 0.2) is 0 Å². The molecule has 0 spiro atoms. The van der Waals surface area contributed by atoms with E-state index in [1.54, 1.807) is 7.11 Å². The van der Waals surface area contributed by atoms with Crippen molar-refractivity contribution in [1.29, 1.82) is 0 Å². The highest BCUT2D eigenvalue weighted by atomic mass is 16.6. The molecule has 2 aromatic rings. The number of nitro benzene ring substituents is 1. The molecule has 0 heterocycles. The number of hydrogen-bond donors (Lipinski definition) is 1. The van der Waals surface area contributed by atoms with Gasteiger partial charge in [-0.05, 0) is 43.9 Å². The number of carbonyl (C=O) groups excluding carboxylic acids is 1. The number of nitro groups is 1. The first-order valence-corrected chi connectivity index (χ1v) is 8.28. The zero-order valence-corrected chi connectivity index (χ0v) is 15.8. The first-order valence-electron chi connectivity index (χ1n) is 8.28. The number of likely N-dealkylation sites (N-methyl/N-ethyl adjacent to an activating group) is 1. The molecule has 0 saturated heterocycles. The van der Waals surface area contributed by atoms with Crippen molar-refractivity contribution in [1.82, 2.24) is 10.2 Å². The number of nitrogens with zero attached hydrogens (tertiary/aromatic N) is 2. The number of nitrogens with one attached hydrogen (secondary N) is 1. The van der Waals surface area contributed by atoms with Crippen LogP contribution in [0.2, 0.25) is 0 Å². The van der Waals surface area contributed by atoms with E-state index >= 15 is 0 Å². The second-order valence-corrected chi connectivity index (χ2v) is 6.10. The third kappa shape index (κ3) is 4.95. The van der Waals surface area contributed by atoms with Crippen LogP contribution in [0.15, 0.2) is 42.5 Å². The first-order chi connectivity index (χ1) is 12.9. The number of carbonyl (C=O) groups is 1. The molecule has 1 N–H and O–H groups in total. The quantitative estimate of drug-likeness (QED) is 0.565. The molecule has 0 bridgehead atoms. The summed E-state index contributed by atoms with van der Waals surface area (Å²) in [5, 5.41) is 14.0. The van der Waals surface area contributed by atoms with Gasteiger partial charge in [-0.25, -0.2) is 0 Å². The van der Waals surface area contributed by atoms with Crippen molar-refractivity contribution >= 4 is 11.6 Å². The maximum atomic E-state index is 12.6. The molecule has 0 aliphatic carbocycles. The normalized spacial score (nSPS) is 11.7. The van der Waals surface area contributed by atoms with Crippen LogP contribution in [0, 0.1) is 10.1 Å². The van der Waals surface area contributed by atoms with Crippen LogP contribution in [-0.2, 0) is 0 Å². The van der Waals surface area contributed by atoms with Crippen LogP contribution in [0.5, 0.6) is 11.5 Å². The minimum atomic E-state index is -0.582. The van der Waals surface area contributed by atoms with Gasteiger partial charge in [-0.15, -0.1) is 0 Å². The van der Waals surface area contributed by atoms with Gasteiger partial charge in [0.05, 0.1) is 25.2 Å². The lowest BCUT2D eigenvalue weighted by Gasteiger charge is -2.25. The zero-order valence-electron chi connectivity index (χ0n) is 15.8. The van der Waals surface area contributed by atoms with E-state index in [1.807, 2.05) is 43.3 Å². The zero-order chi connectivity index (χ0) is 20.0. The Balaban J connectivity index is 2.19. The summed E-state index contributed by atoms with van der Waals surface area (Å²) in [4.78, 5) is 25.2. The summed E-state index contributed by atoms with van der Waals surface area (Å²) in [5.74, 6) is 0.596. The molecular formula is C19H23N3O5. The summed E-state index contributed by atoms with van der Waals surface area (Å²) < 4.78 is 10.2. The SMILES string of the molecule is COc1ccc(C(CNC(=O)c2cc(OC)ccc2[N+](=O)[O-])N(C)C)cc1. The van der Waals surface area contributed by atoms with E-state index < -0.39 is 10.8 Å². The third-order valence-electron chi connectivity index (χ3n) is 4.22. The van der Waals surface area contributed by atoms with Crippen LogP contribution in [0.1, 0.15) is 22.0 Å². The molecule has 0 saturated carbocycles. The van der Waals surface area contributed by atoms with E-state index in [0.717, 1.165) is 11.3 Å². The van der Waals surface area contributed by atoms with E-state index in [2.05, 4.69) is 5.32 Å². The predicted octanol–water partition coefficient (Wildman–Crippen LogP) is 2.64. The summed E-state index contributed by atoms with van der Waals surface area (Å²) in [6.45, 7) is 0.284. The molecule has 1 unspecified atom stereocenters. The number of methoxy groups -OCH3 is 2. The summed E-state index contributed by atoms with van der Waals surface area (Å²) in [6, 6.07) is 11.5. The average molecular weight is 373 g/mol. The van der Waals surface area contributed by atoms with Crippen molar-refractivity contribution in [3.8, 4) is 11.5 Å². The lowest BCUT2D eigenvalue weighted by atomic mass is 10.1. The number of rotatable bonds is 8. The monoisotopic (exact) mass is 373 g/mol. The van der Waals surface area contributed by atoms with E-state index in [4.69, 9.17) is 9.47 Å². The van der Waals surface area contributed by atoms with Gasteiger partial charge in [-0.2, -0.15) is 0 Å². The molecule has 0 radical (unpaired) electrons. The van der Waals surface area contributed by atoms with Gasteiger partial charge in [0.1, 0.15) is 17.1 Å². The Hall–Kier alpha value is -3.13. The Labute approximate surface area is 157 Å². The van der Waals surface area contributed by atoms with Crippen molar-refractivity contribution in [2.75, 3.05) is 34.9 Å². The number of hydrogen-bond acceptors (Lipinski definition) is 6. The molecule has 144 valence electrons. The molecule has 0 aliphatic heterocycles. The Morgan fingerprint density at radius 2 is 1.70 bits per heavy atom. The molecule has 1 atom stereocenters. The fourth-order valence-electron chi connectivity index (χ4n) is 2.69. The molecule has 0 aliphatic rings. The molecule has 1 amide bonds. The van der Waals surface area contributed by atoms with Crippen LogP contribution in [0.25, 0.3) is 0 Å². The molecule has 0 fully saturated rings. The molecular weight excluding hydrogens is 350 g/mol. The number of amides is 1. The van der Waals surface area contributed by atoms with Crippen LogP contribution in [0.3, 0.4) is 0 Å². The van der Waals surface area contributed by atoms with Gasteiger partial charge in [0.25, 0.3) is 11.6 Å². The van der Waals surface area contributed by atoms with Gasteiger partial charge in [-0.1, -0.05) is 12.1 Å². The summed E-state index contributed by atoms with van der Waals surface area (Å²) in [7, 11) is 6.83. The van der Waals surface area contributed by atoms with Crippen molar-refractivity contribution in [2.45, 2.75) is 6.04 Å². The summed E-state index contributed by atoms with van der Waals surface area (Å²) in [5.41, 5.74) is 0.687. The van der Waals surface area contributed by atoms with Gasteiger partial charge < -0.3 is 19.7 Å². The highest BCUT2D eigenvalue weighted by Gasteiger charge is 2.23. The molecule has 8 nitrogen and oxygen atoms in total. The van der Waals surface area contributed by atoms with Gasteiger partial charge in [-0.3, -0.25) is 14.9 Å². The fraction of sp³-hybridized carbons (Fsp3) is 0.316. The van der Waals surface area contributed by atoms with E-state index in [0.29, 0.717) is 5.75 Å². The van der Waals surface area contributed by atoms with E-state index in [-0.39, 0.29) is 23.8 Å². The lowest BCUT2D eigenvalue weighted by molar-refractivity contribution is -0.385. The van der Waals surface area contributed by atoms with Crippen molar-refractivity contribution < 1.29 is 19.2 Å². The summed E-state index contributed by atoms with van der Waals surface area (Å²) in [6.07, 6.45) is 0. The third-order valence-corrected chi connectivity index (χ3v) is 4.22. The van der Waals surface area contributed by atoms with E-state index in [9.17, 15) is 14.9 Å². The van der Waals surface area contributed by atoms with Crippen LogP contribution >= 0.6 is 0 Å². The van der Waals surface area contributed by atoms with Crippen molar-refractivity contribution in [2.24, 2.45) is 0 Å². The van der Waals surface area contributed by atoms with Gasteiger partial charge >= 0.3 is 0 Å². The Kier molecular flexibility index (Phi) is 6.73. The number of ether oxygens (including phenoxy) is 2. The molecule has 0 aromatic heterocycles. The smallest absolute Gasteiger partial charge is 0.282 e.